The Hall–Kier alpha value is 0.1000. The molecule has 1 aliphatic heterocycles. The highest BCUT2D eigenvalue weighted by atomic mass is 79.9. The van der Waals surface area contributed by atoms with Crippen LogP contribution >= 0.6 is 27.3 Å². The van der Waals surface area contributed by atoms with E-state index in [0.29, 0.717) is 12.1 Å². The second-order valence-electron chi connectivity index (χ2n) is 4.98. The van der Waals surface area contributed by atoms with Gasteiger partial charge in [0.05, 0.1) is 9.89 Å². The van der Waals surface area contributed by atoms with Gasteiger partial charge in [0.25, 0.3) is 0 Å². The molecule has 1 aliphatic rings. The molecule has 2 rings (SSSR count). The normalized spacial score (nSPS) is 21.4. The van der Waals surface area contributed by atoms with E-state index in [1.807, 2.05) is 11.3 Å². The number of rotatable bonds is 6. The molecule has 2 unspecified atom stereocenters. The first kappa shape index (κ1) is 14.5. The van der Waals surface area contributed by atoms with Crippen molar-refractivity contribution in [3.8, 4) is 0 Å². The summed E-state index contributed by atoms with van der Waals surface area (Å²) in [6, 6.07) is 2.75. The van der Waals surface area contributed by atoms with Crippen molar-refractivity contribution in [3.63, 3.8) is 0 Å². The number of aryl methyl sites for hydroxylation is 1. The first-order valence-electron chi connectivity index (χ1n) is 6.81. The molecule has 2 atom stereocenters. The van der Waals surface area contributed by atoms with Gasteiger partial charge in [-0.2, -0.15) is 0 Å². The maximum atomic E-state index is 5.77. The summed E-state index contributed by atoms with van der Waals surface area (Å²) in [6.07, 6.45) is 5.16. The van der Waals surface area contributed by atoms with Gasteiger partial charge in [0.1, 0.15) is 0 Å². The van der Waals surface area contributed by atoms with E-state index in [1.54, 1.807) is 0 Å². The van der Waals surface area contributed by atoms with Crippen LogP contribution < -0.4 is 5.32 Å². The number of hydrogen-bond donors (Lipinski definition) is 1. The molecule has 0 radical (unpaired) electrons. The summed E-state index contributed by atoms with van der Waals surface area (Å²) in [7, 11) is 0. The number of hydrogen-bond acceptors (Lipinski definition) is 3. The van der Waals surface area contributed by atoms with Gasteiger partial charge in [-0.1, -0.05) is 6.92 Å². The zero-order valence-electron chi connectivity index (χ0n) is 11.2. The topological polar surface area (TPSA) is 21.3 Å². The lowest BCUT2D eigenvalue weighted by Crippen LogP contribution is -2.25. The fraction of sp³-hybridized carbons (Fsp3) is 0.714. The Labute approximate surface area is 122 Å². The molecule has 1 N–H and O–H groups in total. The Morgan fingerprint density at radius 3 is 3.00 bits per heavy atom. The third-order valence-electron chi connectivity index (χ3n) is 3.38. The molecule has 1 fully saturated rings. The van der Waals surface area contributed by atoms with Crippen molar-refractivity contribution < 1.29 is 4.74 Å². The molecule has 0 aromatic carbocycles. The average molecular weight is 332 g/mol. The lowest BCUT2D eigenvalue weighted by Gasteiger charge is -2.20. The molecular formula is C14H22BrNOS. The van der Waals surface area contributed by atoms with Crippen LogP contribution in [0.25, 0.3) is 0 Å². The largest absolute Gasteiger partial charge is 0.378 e. The highest BCUT2D eigenvalue weighted by Crippen LogP contribution is 2.34. The fourth-order valence-corrected chi connectivity index (χ4v) is 4.03. The van der Waals surface area contributed by atoms with E-state index >= 15 is 0 Å². The zero-order valence-corrected chi connectivity index (χ0v) is 13.6. The third-order valence-corrected chi connectivity index (χ3v) is 5.63. The first-order chi connectivity index (χ1) is 8.70. The summed E-state index contributed by atoms with van der Waals surface area (Å²) in [5, 5.41) is 3.66. The van der Waals surface area contributed by atoms with Crippen molar-refractivity contribution in [1.29, 1.82) is 0 Å². The summed E-state index contributed by atoms with van der Waals surface area (Å²) < 4.78 is 7.03. The molecule has 2 nitrogen and oxygen atoms in total. The van der Waals surface area contributed by atoms with Crippen LogP contribution in [0.5, 0.6) is 0 Å². The molecule has 0 bridgehead atoms. The van der Waals surface area contributed by atoms with Crippen molar-refractivity contribution in [3.05, 3.63) is 20.3 Å². The lowest BCUT2D eigenvalue weighted by atomic mass is 10.0. The number of thiophene rings is 1. The summed E-state index contributed by atoms with van der Waals surface area (Å²) in [6.45, 7) is 6.39. The van der Waals surface area contributed by atoms with Gasteiger partial charge in [0.2, 0.25) is 0 Å². The molecule has 1 aromatic heterocycles. The van der Waals surface area contributed by atoms with Crippen LogP contribution in [0.1, 0.15) is 49.1 Å². The minimum Gasteiger partial charge on any atom is -0.378 e. The summed E-state index contributed by atoms with van der Waals surface area (Å²) in [5.41, 5.74) is 1.34. The van der Waals surface area contributed by atoms with E-state index in [9.17, 15) is 0 Å². The first-order valence-corrected chi connectivity index (χ1v) is 8.42. The standard InChI is InChI=1S/C14H22BrNOS/c1-3-6-16-12(9-11-5-4-7-17-11)13-8-10(2)14(15)18-13/h8,11-12,16H,3-7,9H2,1-2H3. The van der Waals surface area contributed by atoms with Crippen molar-refractivity contribution in [2.24, 2.45) is 0 Å². The molecule has 1 saturated heterocycles. The van der Waals surface area contributed by atoms with Crippen LogP contribution in [-0.4, -0.2) is 19.3 Å². The van der Waals surface area contributed by atoms with Gasteiger partial charge < -0.3 is 10.1 Å². The molecule has 0 amide bonds. The number of halogens is 1. The maximum absolute atomic E-state index is 5.77. The van der Waals surface area contributed by atoms with Crippen molar-refractivity contribution in [2.75, 3.05) is 13.2 Å². The number of nitrogens with one attached hydrogen (secondary N) is 1. The maximum Gasteiger partial charge on any atom is 0.0731 e. The molecule has 4 heteroatoms. The van der Waals surface area contributed by atoms with E-state index in [2.05, 4.69) is 41.2 Å². The van der Waals surface area contributed by atoms with Gasteiger partial charge in [-0.25, -0.2) is 0 Å². The average Bonchev–Trinajstić information content (AvgIpc) is 2.96. The smallest absolute Gasteiger partial charge is 0.0731 e. The second-order valence-corrected chi connectivity index (χ2v) is 7.38. The van der Waals surface area contributed by atoms with E-state index < -0.39 is 0 Å². The summed E-state index contributed by atoms with van der Waals surface area (Å²) in [4.78, 5) is 1.43. The zero-order chi connectivity index (χ0) is 13.0. The Morgan fingerprint density at radius 2 is 2.44 bits per heavy atom. The highest BCUT2D eigenvalue weighted by Gasteiger charge is 2.23. The van der Waals surface area contributed by atoms with Crippen molar-refractivity contribution >= 4 is 27.3 Å². The Morgan fingerprint density at radius 1 is 1.61 bits per heavy atom. The monoisotopic (exact) mass is 331 g/mol. The molecule has 0 spiro atoms. The summed E-state index contributed by atoms with van der Waals surface area (Å²) in [5.74, 6) is 0. The fourth-order valence-electron chi connectivity index (χ4n) is 2.37. The Balaban J connectivity index is 2.03. The molecule has 102 valence electrons. The van der Waals surface area contributed by atoms with Gasteiger partial charge in [-0.3, -0.25) is 0 Å². The van der Waals surface area contributed by atoms with E-state index in [0.717, 1.165) is 19.6 Å². The molecule has 0 aliphatic carbocycles. The molecule has 1 aromatic rings. The van der Waals surface area contributed by atoms with Gasteiger partial charge >= 0.3 is 0 Å². The lowest BCUT2D eigenvalue weighted by molar-refractivity contribution is 0.0949. The molecule has 18 heavy (non-hydrogen) atoms. The quantitative estimate of drug-likeness (QED) is 0.832. The third kappa shape index (κ3) is 3.80. The van der Waals surface area contributed by atoms with Crippen LogP contribution in [0, 0.1) is 6.92 Å². The van der Waals surface area contributed by atoms with Gasteiger partial charge in [-0.15, -0.1) is 11.3 Å². The van der Waals surface area contributed by atoms with Gasteiger partial charge in [-0.05, 0) is 66.7 Å². The Bertz CT molecular complexity index is 354. The van der Waals surface area contributed by atoms with Gasteiger partial charge in [0.15, 0.2) is 0 Å². The summed E-state index contributed by atoms with van der Waals surface area (Å²) >= 11 is 5.48. The van der Waals surface area contributed by atoms with E-state index in [-0.39, 0.29) is 0 Å². The highest BCUT2D eigenvalue weighted by molar-refractivity contribution is 9.11. The van der Waals surface area contributed by atoms with Crippen molar-refractivity contribution in [2.45, 2.75) is 51.7 Å². The molecular weight excluding hydrogens is 310 g/mol. The molecule has 0 saturated carbocycles. The SMILES string of the molecule is CCCNC(CC1CCCO1)c1cc(C)c(Br)s1. The van der Waals surface area contributed by atoms with Crippen LogP contribution in [0.2, 0.25) is 0 Å². The van der Waals surface area contributed by atoms with Crippen LogP contribution in [0.15, 0.2) is 9.85 Å². The minimum absolute atomic E-state index is 0.445. The van der Waals surface area contributed by atoms with E-state index in [4.69, 9.17) is 4.74 Å². The Kier molecular flexibility index (Phi) is 5.67. The predicted molar refractivity (Wildman–Crippen MR) is 81.4 cm³/mol. The van der Waals surface area contributed by atoms with Crippen LogP contribution in [-0.2, 0) is 4.74 Å². The second kappa shape index (κ2) is 7.04. The van der Waals surface area contributed by atoms with Gasteiger partial charge in [0, 0.05) is 17.5 Å². The number of ether oxygens (including phenoxy) is 1. The van der Waals surface area contributed by atoms with E-state index in [1.165, 1.54) is 33.5 Å². The minimum atomic E-state index is 0.445. The van der Waals surface area contributed by atoms with Crippen LogP contribution in [0.3, 0.4) is 0 Å². The van der Waals surface area contributed by atoms with Crippen molar-refractivity contribution in [1.82, 2.24) is 5.32 Å². The molecule has 2 heterocycles. The van der Waals surface area contributed by atoms with Crippen LogP contribution in [0.4, 0.5) is 0 Å². The predicted octanol–water partition coefficient (Wildman–Crippen LogP) is 4.43.